The molecule has 0 fully saturated rings. The third kappa shape index (κ3) is 4.62. The van der Waals surface area contributed by atoms with E-state index in [0.717, 1.165) is 15.0 Å². The second kappa shape index (κ2) is 7.16. The summed E-state index contributed by atoms with van der Waals surface area (Å²) in [5, 5.41) is 7.06. The van der Waals surface area contributed by atoms with Gasteiger partial charge in [-0.1, -0.05) is 0 Å². The number of thioether (sulfide) groups is 1. The van der Waals surface area contributed by atoms with Crippen LogP contribution in [0.25, 0.3) is 0 Å². The highest BCUT2D eigenvalue weighted by molar-refractivity contribution is 14.1. The van der Waals surface area contributed by atoms with Crippen LogP contribution >= 0.6 is 45.7 Å². The van der Waals surface area contributed by atoms with Crippen LogP contribution in [0, 0.1) is 3.57 Å². The average molecular weight is 389 g/mol. The molecule has 2 aromatic rings. The largest absolute Gasteiger partial charge is 0.325 e. The van der Waals surface area contributed by atoms with Gasteiger partial charge in [-0.3, -0.25) is 4.79 Å². The summed E-state index contributed by atoms with van der Waals surface area (Å²) in [4.78, 5) is 11.7. The fraction of sp³-hybridized carbons (Fsp3) is 0.154. The summed E-state index contributed by atoms with van der Waals surface area (Å²) in [7, 11) is 0. The number of amides is 1. The Morgan fingerprint density at radius 2 is 2.06 bits per heavy atom. The molecule has 0 saturated carbocycles. The van der Waals surface area contributed by atoms with E-state index in [4.69, 9.17) is 0 Å². The maximum atomic E-state index is 11.7. The number of anilines is 1. The van der Waals surface area contributed by atoms with Crippen molar-refractivity contribution in [3.8, 4) is 0 Å². The van der Waals surface area contributed by atoms with E-state index in [9.17, 15) is 4.79 Å². The van der Waals surface area contributed by atoms with E-state index in [1.807, 2.05) is 24.3 Å². The Bertz CT molecular complexity index is 496. The topological polar surface area (TPSA) is 29.1 Å². The maximum Gasteiger partial charge on any atom is 0.234 e. The van der Waals surface area contributed by atoms with Gasteiger partial charge in [0.15, 0.2) is 0 Å². The van der Waals surface area contributed by atoms with E-state index in [1.165, 1.54) is 5.56 Å². The molecule has 1 heterocycles. The molecule has 0 unspecified atom stereocenters. The molecule has 0 aliphatic rings. The minimum absolute atomic E-state index is 0.0523. The van der Waals surface area contributed by atoms with E-state index in [1.54, 1.807) is 23.1 Å². The van der Waals surface area contributed by atoms with Crippen molar-refractivity contribution in [1.29, 1.82) is 0 Å². The molecule has 2 nitrogen and oxygen atoms in total. The number of thiophene rings is 1. The van der Waals surface area contributed by atoms with E-state index >= 15 is 0 Å². The zero-order valence-electron chi connectivity index (χ0n) is 9.56. The number of hydrogen-bond acceptors (Lipinski definition) is 3. The molecular weight excluding hydrogens is 377 g/mol. The van der Waals surface area contributed by atoms with Crippen LogP contribution in [0.4, 0.5) is 5.69 Å². The van der Waals surface area contributed by atoms with Crippen LogP contribution in [0.5, 0.6) is 0 Å². The summed E-state index contributed by atoms with van der Waals surface area (Å²) in [6, 6.07) is 9.89. The fourth-order valence-corrected chi connectivity index (χ4v) is 3.28. The quantitative estimate of drug-likeness (QED) is 0.776. The summed E-state index contributed by atoms with van der Waals surface area (Å²) >= 11 is 5.57. The first kappa shape index (κ1) is 13.9. The molecule has 2 rings (SSSR count). The molecule has 1 aromatic carbocycles. The molecule has 0 radical (unpaired) electrons. The smallest absolute Gasteiger partial charge is 0.234 e. The van der Waals surface area contributed by atoms with Gasteiger partial charge in [-0.05, 0) is 69.2 Å². The van der Waals surface area contributed by atoms with E-state index < -0.39 is 0 Å². The number of hydrogen-bond donors (Lipinski definition) is 1. The standard InChI is InChI=1S/C13H12INOS2/c14-11-1-3-12(4-2-11)15-13(16)9-18-8-10-5-6-17-7-10/h1-7H,8-9H2,(H,15,16). The van der Waals surface area contributed by atoms with Crippen molar-refractivity contribution >= 4 is 57.3 Å². The minimum atomic E-state index is 0.0523. The van der Waals surface area contributed by atoms with Gasteiger partial charge in [0.2, 0.25) is 5.91 Å². The Morgan fingerprint density at radius 3 is 2.72 bits per heavy atom. The number of benzene rings is 1. The number of carbonyl (C=O) groups is 1. The first-order valence-corrected chi connectivity index (χ1v) is 8.56. The first-order chi connectivity index (χ1) is 8.74. The summed E-state index contributed by atoms with van der Waals surface area (Å²) in [6.45, 7) is 0. The third-order valence-corrected chi connectivity index (χ3v) is 4.66. The molecule has 1 N–H and O–H groups in total. The van der Waals surface area contributed by atoms with Crippen molar-refractivity contribution in [2.24, 2.45) is 0 Å². The molecule has 0 bridgehead atoms. The van der Waals surface area contributed by atoms with Crippen LogP contribution in [0.2, 0.25) is 0 Å². The van der Waals surface area contributed by atoms with Crippen LogP contribution in [0.1, 0.15) is 5.56 Å². The predicted octanol–water partition coefficient (Wildman–Crippen LogP) is 4.22. The molecular formula is C13H12INOS2. The van der Waals surface area contributed by atoms with Gasteiger partial charge in [-0.2, -0.15) is 11.3 Å². The number of nitrogens with one attached hydrogen (secondary N) is 1. The molecule has 5 heteroatoms. The van der Waals surface area contributed by atoms with Gasteiger partial charge in [-0.25, -0.2) is 0 Å². The third-order valence-electron chi connectivity index (χ3n) is 2.21. The fourth-order valence-electron chi connectivity index (χ4n) is 1.37. The molecule has 0 atom stereocenters. The normalized spacial score (nSPS) is 10.3. The second-order valence-corrected chi connectivity index (χ2v) is 6.69. The zero-order valence-corrected chi connectivity index (χ0v) is 13.3. The van der Waals surface area contributed by atoms with E-state index in [-0.39, 0.29) is 5.91 Å². The van der Waals surface area contributed by atoms with Crippen molar-refractivity contribution in [3.05, 3.63) is 50.2 Å². The van der Waals surface area contributed by atoms with Gasteiger partial charge in [0.05, 0.1) is 5.75 Å². The van der Waals surface area contributed by atoms with Gasteiger partial charge < -0.3 is 5.32 Å². The highest BCUT2D eigenvalue weighted by atomic mass is 127. The van der Waals surface area contributed by atoms with Crippen LogP contribution in [-0.2, 0) is 10.5 Å². The van der Waals surface area contributed by atoms with Gasteiger partial charge in [0, 0.05) is 15.0 Å². The molecule has 0 aliphatic heterocycles. The monoisotopic (exact) mass is 389 g/mol. The van der Waals surface area contributed by atoms with Crippen LogP contribution in [0.15, 0.2) is 41.1 Å². The second-order valence-electron chi connectivity index (χ2n) is 3.68. The van der Waals surface area contributed by atoms with Crippen LogP contribution in [0.3, 0.4) is 0 Å². The summed E-state index contributed by atoms with van der Waals surface area (Å²) in [5.74, 6) is 1.43. The Morgan fingerprint density at radius 1 is 1.28 bits per heavy atom. The Balaban J connectivity index is 1.73. The number of carbonyl (C=O) groups excluding carboxylic acids is 1. The molecule has 94 valence electrons. The zero-order chi connectivity index (χ0) is 12.8. The number of rotatable bonds is 5. The lowest BCUT2D eigenvalue weighted by Gasteiger charge is -2.04. The van der Waals surface area contributed by atoms with Gasteiger partial charge in [0.25, 0.3) is 0 Å². The Kier molecular flexibility index (Phi) is 5.52. The van der Waals surface area contributed by atoms with Gasteiger partial charge in [0.1, 0.15) is 0 Å². The molecule has 0 spiro atoms. The number of halogens is 1. The lowest BCUT2D eigenvalue weighted by Crippen LogP contribution is -2.14. The summed E-state index contributed by atoms with van der Waals surface area (Å²) < 4.78 is 1.16. The van der Waals surface area contributed by atoms with E-state index in [2.05, 4.69) is 44.7 Å². The maximum absolute atomic E-state index is 11.7. The van der Waals surface area contributed by atoms with Crippen molar-refractivity contribution in [2.75, 3.05) is 11.1 Å². The SMILES string of the molecule is O=C(CSCc1ccsc1)Nc1ccc(I)cc1. The van der Waals surface area contributed by atoms with Gasteiger partial charge >= 0.3 is 0 Å². The average Bonchev–Trinajstić information content (AvgIpc) is 2.85. The van der Waals surface area contributed by atoms with Gasteiger partial charge in [-0.15, -0.1) is 11.8 Å². The predicted molar refractivity (Wildman–Crippen MR) is 88.3 cm³/mol. The van der Waals surface area contributed by atoms with Crippen molar-refractivity contribution < 1.29 is 4.79 Å². The molecule has 0 aliphatic carbocycles. The molecule has 1 aromatic heterocycles. The summed E-state index contributed by atoms with van der Waals surface area (Å²) in [6.07, 6.45) is 0. The Labute approximate surface area is 128 Å². The summed E-state index contributed by atoms with van der Waals surface area (Å²) in [5.41, 5.74) is 2.14. The lowest BCUT2D eigenvalue weighted by molar-refractivity contribution is -0.113. The van der Waals surface area contributed by atoms with E-state index in [0.29, 0.717) is 5.75 Å². The molecule has 0 saturated heterocycles. The first-order valence-electron chi connectivity index (χ1n) is 5.38. The highest BCUT2D eigenvalue weighted by Crippen LogP contribution is 2.16. The Hall–Kier alpha value is -0.530. The van der Waals surface area contributed by atoms with Crippen molar-refractivity contribution in [1.82, 2.24) is 0 Å². The van der Waals surface area contributed by atoms with Crippen LogP contribution in [-0.4, -0.2) is 11.7 Å². The molecule has 18 heavy (non-hydrogen) atoms. The minimum Gasteiger partial charge on any atom is -0.325 e. The van der Waals surface area contributed by atoms with Crippen molar-refractivity contribution in [3.63, 3.8) is 0 Å². The molecule has 1 amide bonds. The van der Waals surface area contributed by atoms with Crippen molar-refractivity contribution in [2.45, 2.75) is 5.75 Å². The van der Waals surface area contributed by atoms with Crippen LogP contribution < -0.4 is 5.32 Å². The lowest BCUT2D eigenvalue weighted by atomic mass is 10.3. The highest BCUT2D eigenvalue weighted by Gasteiger charge is 2.03.